The molecule has 2 N–H and O–H groups in total. The van der Waals surface area contributed by atoms with Gasteiger partial charge in [-0.25, -0.2) is 4.79 Å². The molecule has 1 heterocycles. The van der Waals surface area contributed by atoms with E-state index in [1.165, 1.54) is 0 Å². The molecule has 0 unspecified atom stereocenters. The first-order chi connectivity index (χ1) is 8.74. The van der Waals surface area contributed by atoms with Gasteiger partial charge in [-0.1, -0.05) is 30.3 Å². The van der Waals surface area contributed by atoms with Gasteiger partial charge in [-0.15, -0.1) is 0 Å². The number of hydrogen-bond donors (Lipinski definition) is 1. The van der Waals surface area contributed by atoms with Crippen molar-refractivity contribution in [1.82, 2.24) is 0 Å². The summed E-state index contributed by atoms with van der Waals surface area (Å²) in [5.41, 5.74) is 8.53. The second-order valence-corrected chi connectivity index (χ2v) is 4.11. The Kier molecular flexibility index (Phi) is 2.38. The second kappa shape index (κ2) is 4.04. The molecule has 0 spiro atoms. The highest BCUT2D eigenvalue weighted by molar-refractivity contribution is 6.06. The molecule has 1 aliphatic heterocycles. The highest BCUT2D eigenvalue weighted by Crippen LogP contribution is 2.32. The molecule has 2 aromatic rings. The maximum atomic E-state index is 11.7. The third kappa shape index (κ3) is 1.76. The van der Waals surface area contributed by atoms with Crippen molar-refractivity contribution in [3.63, 3.8) is 0 Å². The Morgan fingerprint density at radius 3 is 2.56 bits per heavy atom. The summed E-state index contributed by atoms with van der Waals surface area (Å²) in [7, 11) is 0. The van der Waals surface area contributed by atoms with Crippen LogP contribution in [0, 0.1) is 0 Å². The number of benzene rings is 2. The zero-order valence-corrected chi connectivity index (χ0v) is 9.59. The highest BCUT2D eigenvalue weighted by atomic mass is 16.5. The quantitative estimate of drug-likeness (QED) is 0.612. The normalized spacial score (nSPS) is 15.6. The maximum absolute atomic E-state index is 11.7. The van der Waals surface area contributed by atoms with Gasteiger partial charge in [0.05, 0.1) is 5.56 Å². The van der Waals surface area contributed by atoms with Gasteiger partial charge in [-0.3, -0.25) is 0 Å². The van der Waals surface area contributed by atoms with Gasteiger partial charge in [0.1, 0.15) is 5.76 Å². The number of nitrogens with two attached hydrogens (primary N) is 1. The van der Waals surface area contributed by atoms with Gasteiger partial charge in [0.25, 0.3) is 0 Å². The average molecular weight is 237 g/mol. The summed E-state index contributed by atoms with van der Waals surface area (Å²) < 4.78 is 5.26. The first-order valence-corrected chi connectivity index (χ1v) is 5.63. The summed E-state index contributed by atoms with van der Waals surface area (Å²) in [6, 6.07) is 14.9. The fraction of sp³-hybridized carbons (Fsp3) is 0. The van der Waals surface area contributed by atoms with E-state index in [1.807, 2.05) is 42.5 Å². The Balaban J connectivity index is 2.08. The van der Waals surface area contributed by atoms with E-state index < -0.39 is 0 Å². The van der Waals surface area contributed by atoms with Crippen LogP contribution >= 0.6 is 0 Å². The fourth-order valence-electron chi connectivity index (χ4n) is 1.96. The lowest BCUT2D eigenvalue weighted by Gasteiger charge is -1.99. The van der Waals surface area contributed by atoms with Crippen LogP contribution in [0.25, 0.3) is 11.8 Å². The number of ether oxygens (including phenoxy) is 1. The third-order valence-electron chi connectivity index (χ3n) is 2.83. The van der Waals surface area contributed by atoms with Crippen molar-refractivity contribution in [3.8, 4) is 0 Å². The number of carbonyl (C=O) groups excluding carboxylic acids is 1. The highest BCUT2D eigenvalue weighted by Gasteiger charge is 2.26. The molecular formula is C15H11NO2. The Morgan fingerprint density at radius 1 is 1.00 bits per heavy atom. The van der Waals surface area contributed by atoms with E-state index in [9.17, 15) is 4.79 Å². The molecule has 2 aromatic carbocycles. The topological polar surface area (TPSA) is 52.3 Å². The molecule has 0 amide bonds. The van der Waals surface area contributed by atoms with Crippen LogP contribution in [0.3, 0.4) is 0 Å². The van der Waals surface area contributed by atoms with Crippen LogP contribution in [0.15, 0.2) is 48.5 Å². The SMILES string of the molecule is Nc1ccc2c(c1)C(=O)OC2=Cc1ccccc1. The molecule has 0 radical (unpaired) electrons. The van der Waals surface area contributed by atoms with E-state index in [2.05, 4.69) is 0 Å². The van der Waals surface area contributed by atoms with Crippen molar-refractivity contribution >= 4 is 23.5 Å². The summed E-state index contributed by atoms with van der Waals surface area (Å²) in [5.74, 6) is 0.223. The molecule has 0 saturated heterocycles. The summed E-state index contributed by atoms with van der Waals surface area (Å²) in [5, 5.41) is 0. The van der Waals surface area contributed by atoms with Gasteiger partial charge in [-0.2, -0.15) is 0 Å². The molecule has 0 saturated carbocycles. The summed E-state index contributed by atoms with van der Waals surface area (Å²) in [6.07, 6.45) is 1.85. The van der Waals surface area contributed by atoms with E-state index in [0.29, 0.717) is 17.0 Å². The van der Waals surface area contributed by atoms with E-state index >= 15 is 0 Å². The van der Waals surface area contributed by atoms with Gasteiger partial charge in [0, 0.05) is 11.3 Å². The zero-order chi connectivity index (χ0) is 12.5. The number of carbonyl (C=O) groups is 1. The van der Waals surface area contributed by atoms with E-state index in [-0.39, 0.29) is 5.97 Å². The van der Waals surface area contributed by atoms with Crippen molar-refractivity contribution in [2.24, 2.45) is 0 Å². The largest absolute Gasteiger partial charge is 0.422 e. The first kappa shape index (κ1) is 10.6. The Morgan fingerprint density at radius 2 is 1.78 bits per heavy atom. The molecule has 0 aliphatic carbocycles. The van der Waals surface area contributed by atoms with Crippen molar-refractivity contribution < 1.29 is 9.53 Å². The summed E-state index contributed by atoms with van der Waals surface area (Å²) >= 11 is 0. The molecule has 0 aromatic heterocycles. The Bertz CT molecular complexity index is 645. The number of fused-ring (bicyclic) bond motifs is 1. The van der Waals surface area contributed by atoms with Crippen LogP contribution in [-0.4, -0.2) is 5.97 Å². The molecule has 3 rings (SSSR count). The van der Waals surface area contributed by atoms with Gasteiger partial charge in [0.15, 0.2) is 0 Å². The number of hydrogen-bond acceptors (Lipinski definition) is 3. The van der Waals surface area contributed by atoms with E-state index in [0.717, 1.165) is 11.1 Å². The molecule has 1 aliphatic rings. The van der Waals surface area contributed by atoms with Crippen molar-refractivity contribution in [3.05, 3.63) is 65.2 Å². The third-order valence-corrected chi connectivity index (χ3v) is 2.83. The minimum atomic E-state index is -0.348. The Labute approximate surface area is 105 Å². The standard InChI is InChI=1S/C15H11NO2/c16-11-6-7-12-13(9-11)15(17)18-14(12)8-10-4-2-1-3-5-10/h1-9H,16H2. The van der Waals surface area contributed by atoms with Gasteiger partial charge in [0.2, 0.25) is 0 Å². The van der Waals surface area contributed by atoms with Crippen molar-refractivity contribution in [2.75, 3.05) is 5.73 Å². The number of nitrogen functional groups attached to an aromatic ring is 1. The van der Waals surface area contributed by atoms with Gasteiger partial charge < -0.3 is 10.5 Å². The number of rotatable bonds is 1. The van der Waals surface area contributed by atoms with Crippen LogP contribution in [0.2, 0.25) is 0 Å². The van der Waals surface area contributed by atoms with Crippen LogP contribution in [0.5, 0.6) is 0 Å². The van der Waals surface area contributed by atoms with Gasteiger partial charge >= 0.3 is 5.97 Å². The molecule has 18 heavy (non-hydrogen) atoms. The predicted molar refractivity (Wildman–Crippen MR) is 70.6 cm³/mol. The van der Waals surface area contributed by atoms with E-state index in [4.69, 9.17) is 10.5 Å². The lowest BCUT2D eigenvalue weighted by Crippen LogP contribution is -1.94. The molecule has 3 heteroatoms. The average Bonchev–Trinajstić information content (AvgIpc) is 2.67. The molecule has 88 valence electrons. The zero-order valence-electron chi connectivity index (χ0n) is 9.59. The second-order valence-electron chi connectivity index (χ2n) is 4.11. The molecule has 0 fully saturated rings. The van der Waals surface area contributed by atoms with Crippen LogP contribution < -0.4 is 5.73 Å². The molecular weight excluding hydrogens is 226 g/mol. The number of cyclic esters (lactones) is 1. The minimum Gasteiger partial charge on any atom is -0.422 e. The Hall–Kier alpha value is -2.55. The fourth-order valence-corrected chi connectivity index (χ4v) is 1.96. The summed E-state index contributed by atoms with van der Waals surface area (Å²) in [4.78, 5) is 11.7. The van der Waals surface area contributed by atoms with Crippen molar-refractivity contribution in [1.29, 1.82) is 0 Å². The molecule has 0 bridgehead atoms. The van der Waals surface area contributed by atoms with E-state index in [1.54, 1.807) is 12.1 Å². The monoisotopic (exact) mass is 237 g/mol. The van der Waals surface area contributed by atoms with Crippen LogP contribution in [-0.2, 0) is 4.74 Å². The predicted octanol–water partition coefficient (Wildman–Crippen LogP) is 2.94. The smallest absolute Gasteiger partial charge is 0.344 e. The van der Waals surface area contributed by atoms with Gasteiger partial charge in [-0.05, 0) is 29.8 Å². The molecule has 0 atom stereocenters. The maximum Gasteiger partial charge on any atom is 0.344 e. The lowest BCUT2D eigenvalue weighted by molar-refractivity contribution is 0.0717. The van der Waals surface area contributed by atoms with Crippen LogP contribution in [0.4, 0.5) is 5.69 Å². The van der Waals surface area contributed by atoms with Crippen molar-refractivity contribution in [2.45, 2.75) is 0 Å². The first-order valence-electron chi connectivity index (χ1n) is 5.63. The minimum absolute atomic E-state index is 0.348. The molecule has 3 nitrogen and oxygen atoms in total. The number of esters is 1. The van der Waals surface area contributed by atoms with Crippen LogP contribution in [0.1, 0.15) is 21.5 Å². The number of anilines is 1. The lowest BCUT2D eigenvalue weighted by atomic mass is 10.1. The summed E-state index contributed by atoms with van der Waals surface area (Å²) in [6.45, 7) is 0.